The summed E-state index contributed by atoms with van der Waals surface area (Å²) in [6, 6.07) is 0. The first-order chi connectivity index (χ1) is 11.4. The molecule has 132 valence electrons. The summed E-state index contributed by atoms with van der Waals surface area (Å²) in [6.07, 6.45) is -5.21. The predicted molar refractivity (Wildman–Crippen MR) is 81.4 cm³/mol. The van der Waals surface area contributed by atoms with Crippen molar-refractivity contribution in [3.05, 3.63) is 10.4 Å². The number of hydrogen-bond acceptors (Lipinski definition) is 10. The van der Waals surface area contributed by atoms with E-state index in [1.807, 2.05) is 0 Å². The van der Waals surface area contributed by atoms with E-state index in [0.717, 1.165) is 4.68 Å². The normalized spacial score (nSPS) is 30.8. The molecule has 3 rings (SSSR count). The number of aliphatic hydroxyl groups excluding tert-OH is 4. The van der Waals surface area contributed by atoms with Gasteiger partial charge in [0.25, 0.3) is 5.56 Å². The zero-order valence-electron chi connectivity index (χ0n) is 12.8. The van der Waals surface area contributed by atoms with E-state index in [1.54, 1.807) is 13.3 Å². The van der Waals surface area contributed by atoms with Gasteiger partial charge >= 0.3 is 0 Å². The van der Waals surface area contributed by atoms with E-state index in [0.29, 0.717) is 5.16 Å². The highest BCUT2D eigenvalue weighted by Crippen LogP contribution is 2.29. The minimum Gasteiger partial charge on any atom is -0.394 e. The molecule has 5 atom stereocenters. The van der Waals surface area contributed by atoms with Crippen molar-refractivity contribution in [2.75, 3.05) is 12.9 Å². The third-order valence-electron chi connectivity index (χ3n) is 3.96. The first-order valence-electron chi connectivity index (χ1n) is 7.07. The first-order valence-corrected chi connectivity index (χ1v) is 8.29. The fourth-order valence-corrected chi connectivity index (χ4v) is 3.11. The first kappa shape index (κ1) is 17.3. The maximum absolute atomic E-state index is 12.3. The Bertz CT molecular complexity index is 807. The van der Waals surface area contributed by atoms with Gasteiger partial charge < -0.3 is 25.2 Å². The Morgan fingerprint density at radius 3 is 2.58 bits per heavy atom. The standard InChI is InChI=1S/C12H17N5O6S/c1-16-10(22)5-9(13-12(16)24-2)17(15-14-5)11-8(21)7(20)6(19)4(3-18)23-11/h4,6-8,11,18-21H,3H2,1-2H3/t4-,6+,7+,8-,11+/m0/s1. The molecule has 12 heteroatoms. The van der Waals surface area contributed by atoms with Gasteiger partial charge in [0.15, 0.2) is 22.5 Å². The Balaban J connectivity index is 2.12. The zero-order valence-corrected chi connectivity index (χ0v) is 13.7. The molecule has 0 unspecified atom stereocenters. The summed E-state index contributed by atoms with van der Waals surface area (Å²) in [4.78, 5) is 16.6. The second-order valence-corrected chi connectivity index (χ2v) is 6.16. The third-order valence-corrected chi connectivity index (χ3v) is 4.69. The highest BCUT2D eigenvalue weighted by molar-refractivity contribution is 7.98. The van der Waals surface area contributed by atoms with Crippen LogP contribution >= 0.6 is 11.8 Å². The van der Waals surface area contributed by atoms with Crippen molar-refractivity contribution < 1.29 is 25.2 Å². The number of fused-ring (bicyclic) bond motifs is 1. The van der Waals surface area contributed by atoms with Crippen molar-refractivity contribution in [3.8, 4) is 0 Å². The van der Waals surface area contributed by atoms with Crippen LogP contribution in [0.2, 0.25) is 0 Å². The molecule has 11 nitrogen and oxygen atoms in total. The lowest BCUT2D eigenvalue weighted by molar-refractivity contribution is -0.253. The van der Waals surface area contributed by atoms with Crippen LogP contribution in [0.1, 0.15) is 6.23 Å². The van der Waals surface area contributed by atoms with Gasteiger partial charge in [0.2, 0.25) is 0 Å². The second kappa shape index (κ2) is 6.38. The highest BCUT2D eigenvalue weighted by atomic mass is 32.2. The van der Waals surface area contributed by atoms with E-state index < -0.39 is 42.8 Å². The SMILES string of the molecule is CSc1nc2c(nnn2[C@@H]2O[C@@H](CO)[C@@H](O)[C@@H](O)[C@@H]2O)c(=O)n1C. The topological polar surface area (TPSA) is 156 Å². The molecule has 1 aliphatic rings. The van der Waals surface area contributed by atoms with Gasteiger partial charge in [-0.2, -0.15) is 4.68 Å². The molecule has 1 aliphatic heterocycles. The van der Waals surface area contributed by atoms with Crippen LogP contribution in [0.5, 0.6) is 0 Å². The fraction of sp³-hybridized carbons (Fsp3) is 0.667. The summed E-state index contributed by atoms with van der Waals surface area (Å²) in [7, 11) is 1.55. The summed E-state index contributed by atoms with van der Waals surface area (Å²) in [5.74, 6) is 0. The molecule has 0 aliphatic carbocycles. The fourth-order valence-electron chi connectivity index (χ4n) is 2.58. The quantitative estimate of drug-likeness (QED) is 0.334. The number of aromatic nitrogens is 5. The number of aliphatic hydroxyl groups is 4. The van der Waals surface area contributed by atoms with Crippen molar-refractivity contribution >= 4 is 22.9 Å². The Morgan fingerprint density at radius 2 is 1.96 bits per heavy atom. The minimum atomic E-state index is -1.56. The van der Waals surface area contributed by atoms with E-state index in [9.17, 15) is 25.2 Å². The van der Waals surface area contributed by atoms with E-state index >= 15 is 0 Å². The molecule has 3 heterocycles. The van der Waals surface area contributed by atoms with Gasteiger partial charge in [-0.15, -0.1) is 5.10 Å². The maximum Gasteiger partial charge on any atom is 0.284 e. The number of ether oxygens (including phenoxy) is 1. The lowest BCUT2D eigenvalue weighted by Gasteiger charge is -2.39. The van der Waals surface area contributed by atoms with Gasteiger partial charge in [-0.05, 0) is 6.26 Å². The predicted octanol–water partition coefficient (Wildman–Crippen LogP) is -2.78. The van der Waals surface area contributed by atoms with Crippen LogP contribution in [-0.2, 0) is 11.8 Å². The van der Waals surface area contributed by atoms with E-state index in [-0.39, 0.29) is 11.2 Å². The van der Waals surface area contributed by atoms with E-state index in [4.69, 9.17) is 4.74 Å². The molecular weight excluding hydrogens is 342 g/mol. The number of rotatable bonds is 3. The molecule has 0 amide bonds. The van der Waals surface area contributed by atoms with Gasteiger partial charge in [0.05, 0.1) is 6.61 Å². The van der Waals surface area contributed by atoms with Crippen LogP contribution in [0, 0.1) is 0 Å². The van der Waals surface area contributed by atoms with Crippen molar-refractivity contribution in [2.24, 2.45) is 7.05 Å². The molecule has 0 radical (unpaired) electrons. The van der Waals surface area contributed by atoms with Gasteiger partial charge in [0.1, 0.15) is 24.4 Å². The molecule has 0 aromatic carbocycles. The largest absolute Gasteiger partial charge is 0.394 e. The van der Waals surface area contributed by atoms with Gasteiger partial charge in [-0.25, -0.2) is 4.98 Å². The molecular formula is C12H17N5O6S. The summed E-state index contributed by atoms with van der Waals surface area (Å²) in [6.45, 7) is -0.570. The van der Waals surface area contributed by atoms with Gasteiger partial charge in [0, 0.05) is 7.05 Å². The van der Waals surface area contributed by atoms with Crippen molar-refractivity contribution in [1.82, 2.24) is 24.5 Å². The van der Waals surface area contributed by atoms with Crippen LogP contribution < -0.4 is 5.56 Å². The average Bonchev–Trinajstić information content (AvgIpc) is 3.00. The Kier molecular flexibility index (Phi) is 4.59. The molecule has 1 saturated heterocycles. The summed E-state index contributed by atoms with van der Waals surface area (Å²) in [5.41, 5.74) is -0.362. The van der Waals surface area contributed by atoms with Crippen molar-refractivity contribution in [2.45, 2.75) is 35.8 Å². The van der Waals surface area contributed by atoms with E-state index in [1.165, 1.54) is 16.3 Å². The van der Waals surface area contributed by atoms with Crippen molar-refractivity contribution in [1.29, 1.82) is 0 Å². The number of hydrogen-bond donors (Lipinski definition) is 4. The monoisotopic (exact) mass is 359 g/mol. The average molecular weight is 359 g/mol. The number of nitrogens with zero attached hydrogens (tertiary/aromatic N) is 5. The van der Waals surface area contributed by atoms with Gasteiger partial charge in [-0.3, -0.25) is 9.36 Å². The van der Waals surface area contributed by atoms with Crippen LogP contribution in [-0.4, -0.2) is 82.2 Å². The summed E-state index contributed by atoms with van der Waals surface area (Å²) < 4.78 is 7.81. The van der Waals surface area contributed by atoms with Crippen LogP contribution in [0.25, 0.3) is 11.2 Å². The molecule has 4 N–H and O–H groups in total. The van der Waals surface area contributed by atoms with Crippen LogP contribution in [0.15, 0.2) is 9.95 Å². The van der Waals surface area contributed by atoms with Crippen LogP contribution in [0.3, 0.4) is 0 Å². The minimum absolute atomic E-state index is 0.0211. The molecule has 1 fully saturated rings. The molecule has 2 aromatic heterocycles. The Morgan fingerprint density at radius 1 is 1.25 bits per heavy atom. The second-order valence-electron chi connectivity index (χ2n) is 5.39. The molecule has 0 bridgehead atoms. The Labute approximate surface area is 139 Å². The summed E-state index contributed by atoms with van der Waals surface area (Å²) >= 11 is 1.24. The van der Waals surface area contributed by atoms with Crippen LogP contribution in [0.4, 0.5) is 0 Å². The molecule has 0 spiro atoms. The lowest BCUT2D eigenvalue weighted by atomic mass is 9.98. The highest BCUT2D eigenvalue weighted by Gasteiger charge is 2.45. The molecule has 24 heavy (non-hydrogen) atoms. The lowest BCUT2D eigenvalue weighted by Crippen LogP contribution is -2.56. The smallest absolute Gasteiger partial charge is 0.284 e. The van der Waals surface area contributed by atoms with E-state index in [2.05, 4.69) is 15.3 Å². The summed E-state index contributed by atoms with van der Waals surface area (Å²) in [5, 5.41) is 47.1. The van der Waals surface area contributed by atoms with Crippen molar-refractivity contribution in [3.63, 3.8) is 0 Å². The molecule has 0 saturated carbocycles. The van der Waals surface area contributed by atoms with Gasteiger partial charge in [-0.1, -0.05) is 17.0 Å². The maximum atomic E-state index is 12.3. The zero-order chi connectivity index (χ0) is 17.6. The molecule has 2 aromatic rings. The Hall–Kier alpha value is -1.57. The third kappa shape index (κ3) is 2.51. The number of thioether (sulfide) groups is 1.